The average Bonchev–Trinajstić information content (AvgIpc) is 2.41. The lowest BCUT2D eigenvalue weighted by Crippen LogP contribution is -2.24. The third kappa shape index (κ3) is 0.891. The average molecular weight is 164 g/mol. The van der Waals surface area contributed by atoms with Crippen LogP contribution in [0.1, 0.15) is 30.8 Å². The highest BCUT2D eigenvalue weighted by Gasteiger charge is 2.20. The Bertz CT molecular complexity index is 367. The first-order valence-electron chi connectivity index (χ1n) is 4.27. The molecule has 0 N–H and O–H groups in total. The van der Waals surface area contributed by atoms with Crippen LogP contribution in [-0.2, 0) is 6.42 Å². The van der Waals surface area contributed by atoms with Gasteiger partial charge >= 0.3 is 0 Å². The van der Waals surface area contributed by atoms with Crippen molar-refractivity contribution in [2.45, 2.75) is 32.7 Å². The number of fused-ring (bicyclic) bond motifs is 1. The first-order valence-corrected chi connectivity index (χ1v) is 4.27. The quantitative estimate of drug-likeness (QED) is 0.574. The number of aromatic nitrogens is 2. The van der Waals surface area contributed by atoms with Gasteiger partial charge in [-0.1, -0.05) is 0 Å². The monoisotopic (exact) mass is 164 g/mol. The normalized spacial score (nSPS) is 21.0. The van der Waals surface area contributed by atoms with Gasteiger partial charge in [-0.2, -0.15) is 0 Å². The minimum absolute atomic E-state index is 0.130. The summed E-state index contributed by atoms with van der Waals surface area (Å²) >= 11 is 0. The van der Waals surface area contributed by atoms with Gasteiger partial charge in [0.1, 0.15) is 5.82 Å². The Hall–Kier alpha value is -1.12. The lowest BCUT2D eigenvalue weighted by Gasteiger charge is -2.07. The van der Waals surface area contributed by atoms with Crippen LogP contribution in [-0.4, -0.2) is 9.55 Å². The lowest BCUT2D eigenvalue weighted by atomic mass is 10.2. The molecule has 1 aromatic rings. The maximum absolute atomic E-state index is 11.6. The van der Waals surface area contributed by atoms with Gasteiger partial charge in [-0.15, -0.1) is 0 Å². The van der Waals surface area contributed by atoms with E-state index in [1.54, 1.807) is 6.20 Å². The van der Waals surface area contributed by atoms with Gasteiger partial charge in [-0.3, -0.25) is 9.36 Å². The molecule has 3 nitrogen and oxygen atoms in total. The van der Waals surface area contributed by atoms with Crippen LogP contribution in [0.4, 0.5) is 0 Å². The Balaban J connectivity index is 2.71. The van der Waals surface area contributed by atoms with Gasteiger partial charge in [-0.05, 0) is 20.3 Å². The fourth-order valence-corrected chi connectivity index (χ4v) is 1.70. The van der Waals surface area contributed by atoms with Crippen molar-refractivity contribution in [1.82, 2.24) is 9.55 Å². The number of nitrogens with zero attached hydrogens (tertiary/aromatic N) is 2. The van der Waals surface area contributed by atoms with Crippen molar-refractivity contribution in [2.75, 3.05) is 0 Å². The van der Waals surface area contributed by atoms with E-state index in [0.29, 0.717) is 6.04 Å². The maximum atomic E-state index is 11.6. The minimum Gasteiger partial charge on any atom is -0.294 e. The molecule has 0 aromatic carbocycles. The van der Waals surface area contributed by atoms with Gasteiger partial charge in [0.2, 0.25) is 0 Å². The lowest BCUT2D eigenvalue weighted by molar-refractivity contribution is 0.557. The van der Waals surface area contributed by atoms with E-state index in [1.807, 2.05) is 11.5 Å². The van der Waals surface area contributed by atoms with E-state index in [1.165, 1.54) is 0 Å². The van der Waals surface area contributed by atoms with E-state index in [0.717, 1.165) is 24.2 Å². The van der Waals surface area contributed by atoms with Crippen molar-refractivity contribution in [1.29, 1.82) is 0 Å². The van der Waals surface area contributed by atoms with Gasteiger partial charge in [0.15, 0.2) is 0 Å². The second kappa shape index (κ2) is 2.44. The number of rotatable bonds is 0. The molecule has 0 fully saturated rings. The summed E-state index contributed by atoms with van der Waals surface area (Å²) in [6, 6.07) is 0.333. The molecule has 0 radical (unpaired) electrons. The molecule has 2 rings (SSSR count). The van der Waals surface area contributed by atoms with Crippen molar-refractivity contribution in [3.63, 3.8) is 0 Å². The zero-order valence-electron chi connectivity index (χ0n) is 7.37. The third-order valence-electron chi connectivity index (χ3n) is 2.47. The molecule has 0 aliphatic carbocycles. The second-order valence-corrected chi connectivity index (χ2v) is 3.42. The van der Waals surface area contributed by atoms with Gasteiger partial charge in [-0.25, -0.2) is 4.98 Å². The standard InChI is InChI=1S/C9H12N2O/c1-6-5-10-8-4-3-7(2)11(8)9(6)12/h5,7H,3-4H2,1-2H3. The molecule has 64 valence electrons. The molecule has 0 bridgehead atoms. The zero-order chi connectivity index (χ0) is 8.72. The molecule has 1 unspecified atom stereocenters. The van der Waals surface area contributed by atoms with Gasteiger partial charge < -0.3 is 0 Å². The summed E-state index contributed by atoms with van der Waals surface area (Å²) in [4.78, 5) is 15.8. The van der Waals surface area contributed by atoms with Crippen LogP contribution in [0.5, 0.6) is 0 Å². The van der Waals surface area contributed by atoms with Crippen molar-refractivity contribution in [3.8, 4) is 0 Å². The first kappa shape index (κ1) is 7.53. The number of hydrogen-bond donors (Lipinski definition) is 0. The van der Waals surface area contributed by atoms with Crippen LogP contribution in [0.15, 0.2) is 11.0 Å². The Labute approximate surface area is 71.1 Å². The van der Waals surface area contributed by atoms with Crippen LogP contribution in [0.3, 0.4) is 0 Å². The molecule has 0 spiro atoms. The van der Waals surface area contributed by atoms with Crippen LogP contribution in [0.2, 0.25) is 0 Å². The molecule has 1 aliphatic rings. The number of hydrogen-bond acceptors (Lipinski definition) is 2. The van der Waals surface area contributed by atoms with Crippen LogP contribution >= 0.6 is 0 Å². The van der Waals surface area contributed by atoms with Crippen LogP contribution in [0.25, 0.3) is 0 Å². The zero-order valence-corrected chi connectivity index (χ0v) is 7.37. The summed E-state index contributed by atoms with van der Waals surface area (Å²) in [5, 5.41) is 0. The Morgan fingerprint density at radius 3 is 3.17 bits per heavy atom. The SMILES string of the molecule is Cc1cnc2n(c1=O)C(C)CC2. The predicted molar refractivity (Wildman–Crippen MR) is 46.3 cm³/mol. The molecule has 12 heavy (non-hydrogen) atoms. The molecule has 0 saturated carbocycles. The molecule has 3 heteroatoms. The van der Waals surface area contributed by atoms with E-state index in [-0.39, 0.29) is 5.56 Å². The maximum Gasteiger partial charge on any atom is 0.256 e. The van der Waals surface area contributed by atoms with Crippen molar-refractivity contribution >= 4 is 0 Å². The molecular formula is C9H12N2O. The highest BCUT2D eigenvalue weighted by atomic mass is 16.1. The molecule has 2 heterocycles. The van der Waals surface area contributed by atoms with E-state index in [2.05, 4.69) is 11.9 Å². The van der Waals surface area contributed by atoms with Crippen LogP contribution in [0, 0.1) is 6.92 Å². The summed E-state index contributed by atoms with van der Waals surface area (Å²) in [5.74, 6) is 0.943. The van der Waals surface area contributed by atoms with Crippen molar-refractivity contribution in [2.24, 2.45) is 0 Å². The highest BCUT2D eigenvalue weighted by Crippen LogP contribution is 2.20. The van der Waals surface area contributed by atoms with E-state index >= 15 is 0 Å². The Kier molecular flexibility index (Phi) is 1.53. The smallest absolute Gasteiger partial charge is 0.256 e. The Morgan fingerprint density at radius 2 is 2.42 bits per heavy atom. The molecule has 0 saturated heterocycles. The fourth-order valence-electron chi connectivity index (χ4n) is 1.70. The summed E-state index contributed by atoms with van der Waals surface area (Å²) in [6.45, 7) is 3.88. The summed E-state index contributed by atoms with van der Waals surface area (Å²) in [5.41, 5.74) is 0.873. The third-order valence-corrected chi connectivity index (χ3v) is 2.47. The van der Waals surface area contributed by atoms with E-state index < -0.39 is 0 Å². The first-order chi connectivity index (χ1) is 5.70. The Morgan fingerprint density at radius 1 is 1.67 bits per heavy atom. The second-order valence-electron chi connectivity index (χ2n) is 3.42. The molecule has 1 atom stereocenters. The minimum atomic E-state index is 0.130. The molecule has 0 amide bonds. The van der Waals surface area contributed by atoms with E-state index in [4.69, 9.17) is 0 Å². The molecular weight excluding hydrogens is 152 g/mol. The highest BCUT2D eigenvalue weighted by molar-refractivity contribution is 5.09. The fraction of sp³-hybridized carbons (Fsp3) is 0.556. The van der Waals surface area contributed by atoms with Crippen LogP contribution < -0.4 is 5.56 Å². The van der Waals surface area contributed by atoms with Crippen molar-refractivity contribution in [3.05, 3.63) is 27.9 Å². The van der Waals surface area contributed by atoms with Crippen molar-refractivity contribution < 1.29 is 0 Å². The summed E-state index contributed by atoms with van der Waals surface area (Å²) < 4.78 is 1.81. The molecule has 1 aromatic heterocycles. The summed E-state index contributed by atoms with van der Waals surface area (Å²) in [7, 11) is 0. The summed E-state index contributed by atoms with van der Waals surface area (Å²) in [6.07, 6.45) is 3.66. The molecule has 1 aliphatic heterocycles. The topological polar surface area (TPSA) is 34.9 Å². The van der Waals surface area contributed by atoms with Gasteiger partial charge in [0, 0.05) is 24.2 Å². The number of aryl methyl sites for hydroxylation is 2. The van der Waals surface area contributed by atoms with E-state index in [9.17, 15) is 4.79 Å². The van der Waals surface area contributed by atoms with Gasteiger partial charge in [0.05, 0.1) is 0 Å². The van der Waals surface area contributed by atoms with Gasteiger partial charge in [0.25, 0.3) is 5.56 Å². The largest absolute Gasteiger partial charge is 0.294 e. The predicted octanol–water partition coefficient (Wildman–Crippen LogP) is 1.06.